The van der Waals surface area contributed by atoms with Crippen molar-refractivity contribution in [2.75, 3.05) is 0 Å². The summed E-state index contributed by atoms with van der Waals surface area (Å²) in [6.45, 7) is 2.21. The molecule has 0 saturated carbocycles. The highest BCUT2D eigenvalue weighted by atomic mass is 35.5. The topological polar surface area (TPSA) is 26.3 Å². The van der Waals surface area contributed by atoms with E-state index in [1.54, 1.807) is 0 Å². The molecule has 0 spiro atoms. The minimum atomic E-state index is -0.722. The fraction of sp³-hybridized carbons (Fsp3) is 0.562. The molecule has 1 aromatic carbocycles. The molecule has 3 heteroatoms. The largest absolute Gasteiger partial charge is 0.445 e. The zero-order valence-corrected chi connectivity index (χ0v) is 12.4. The number of ether oxygens (including phenoxy) is 1. The number of carbonyl (C=O) groups excluding carboxylic acids is 1. The molecular formula is C16H23ClO2. The van der Waals surface area contributed by atoms with Crippen LogP contribution in [0.25, 0.3) is 0 Å². The second-order valence-electron chi connectivity index (χ2n) is 4.81. The first kappa shape index (κ1) is 16.0. The minimum Gasteiger partial charge on any atom is -0.445 e. The van der Waals surface area contributed by atoms with Gasteiger partial charge in [0.15, 0.2) is 0 Å². The normalized spacial score (nSPS) is 12.1. The smallest absolute Gasteiger partial charge is 0.404 e. The van der Waals surface area contributed by atoms with Gasteiger partial charge in [-0.3, -0.25) is 0 Å². The molecule has 0 bridgehead atoms. The lowest BCUT2D eigenvalue weighted by atomic mass is 10.0. The maximum Gasteiger partial charge on any atom is 0.404 e. The fourth-order valence-electron chi connectivity index (χ4n) is 2.18. The third kappa shape index (κ3) is 7.22. The fourth-order valence-corrected chi connectivity index (χ4v) is 2.29. The summed E-state index contributed by atoms with van der Waals surface area (Å²) in [4.78, 5) is 10.9. The Kier molecular flexibility index (Phi) is 8.31. The highest BCUT2D eigenvalue weighted by molar-refractivity contribution is 6.61. The van der Waals surface area contributed by atoms with Crippen molar-refractivity contribution in [1.29, 1.82) is 0 Å². The lowest BCUT2D eigenvalue weighted by Crippen LogP contribution is -2.06. The lowest BCUT2D eigenvalue weighted by Gasteiger charge is -2.16. The van der Waals surface area contributed by atoms with Crippen molar-refractivity contribution in [2.45, 2.75) is 58.0 Å². The van der Waals surface area contributed by atoms with Crippen molar-refractivity contribution < 1.29 is 9.53 Å². The standard InChI is InChI=1S/C16H23ClO2/c1-2-3-4-5-6-10-13-15(19-16(17)18)14-11-8-7-9-12-14/h7-9,11-12,15H,2-6,10,13H2,1H3. The van der Waals surface area contributed by atoms with Crippen LogP contribution in [-0.4, -0.2) is 5.43 Å². The van der Waals surface area contributed by atoms with Gasteiger partial charge in [0.25, 0.3) is 0 Å². The Hall–Kier alpha value is -1.02. The minimum absolute atomic E-state index is 0.211. The maximum absolute atomic E-state index is 10.9. The van der Waals surface area contributed by atoms with Gasteiger partial charge in [0.1, 0.15) is 6.10 Å². The number of hydrogen-bond acceptors (Lipinski definition) is 2. The molecule has 0 aliphatic heterocycles. The molecular weight excluding hydrogens is 260 g/mol. The van der Waals surface area contributed by atoms with Crippen LogP contribution in [0, 0.1) is 0 Å². The second-order valence-corrected chi connectivity index (χ2v) is 5.12. The van der Waals surface area contributed by atoms with E-state index in [2.05, 4.69) is 6.92 Å². The van der Waals surface area contributed by atoms with Crippen molar-refractivity contribution in [2.24, 2.45) is 0 Å². The van der Waals surface area contributed by atoms with Gasteiger partial charge in [0.2, 0.25) is 0 Å². The average Bonchev–Trinajstić information content (AvgIpc) is 2.42. The molecule has 106 valence electrons. The van der Waals surface area contributed by atoms with E-state index in [9.17, 15) is 4.79 Å². The molecule has 0 radical (unpaired) electrons. The van der Waals surface area contributed by atoms with Crippen LogP contribution in [0.2, 0.25) is 0 Å². The Morgan fingerprint density at radius 3 is 2.37 bits per heavy atom. The van der Waals surface area contributed by atoms with Crippen molar-refractivity contribution in [3.8, 4) is 0 Å². The molecule has 0 N–H and O–H groups in total. The Morgan fingerprint density at radius 2 is 1.74 bits per heavy atom. The number of benzene rings is 1. The van der Waals surface area contributed by atoms with Gasteiger partial charge >= 0.3 is 5.43 Å². The van der Waals surface area contributed by atoms with Crippen LogP contribution < -0.4 is 0 Å². The van der Waals surface area contributed by atoms with Crippen LogP contribution in [0.5, 0.6) is 0 Å². The number of halogens is 1. The number of hydrogen-bond donors (Lipinski definition) is 0. The van der Waals surface area contributed by atoms with Crippen LogP contribution in [0.3, 0.4) is 0 Å². The zero-order valence-electron chi connectivity index (χ0n) is 11.6. The van der Waals surface area contributed by atoms with E-state index in [-0.39, 0.29) is 6.10 Å². The van der Waals surface area contributed by atoms with Gasteiger partial charge in [0.05, 0.1) is 0 Å². The molecule has 1 unspecified atom stereocenters. The Morgan fingerprint density at radius 1 is 1.11 bits per heavy atom. The predicted molar refractivity (Wildman–Crippen MR) is 79.5 cm³/mol. The molecule has 19 heavy (non-hydrogen) atoms. The summed E-state index contributed by atoms with van der Waals surface area (Å²) < 4.78 is 5.19. The lowest BCUT2D eigenvalue weighted by molar-refractivity contribution is 0.114. The summed E-state index contributed by atoms with van der Waals surface area (Å²) in [5.74, 6) is 0. The molecule has 1 rings (SSSR count). The molecule has 0 heterocycles. The van der Waals surface area contributed by atoms with Gasteiger partial charge in [0, 0.05) is 11.6 Å². The van der Waals surface area contributed by atoms with E-state index in [4.69, 9.17) is 16.3 Å². The predicted octanol–water partition coefficient (Wildman–Crippen LogP) is 5.85. The van der Waals surface area contributed by atoms with Gasteiger partial charge in [-0.15, -0.1) is 0 Å². The van der Waals surface area contributed by atoms with E-state index in [1.165, 1.54) is 32.1 Å². The molecule has 1 aromatic rings. The Labute approximate surface area is 121 Å². The van der Waals surface area contributed by atoms with E-state index in [0.717, 1.165) is 18.4 Å². The molecule has 0 aromatic heterocycles. The number of rotatable bonds is 9. The van der Waals surface area contributed by atoms with Crippen LogP contribution >= 0.6 is 11.6 Å². The van der Waals surface area contributed by atoms with Crippen LogP contribution in [-0.2, 0) is 4.74 Å². The van der Waals surface area contributed by atoms with Crippen LogP contribution in [0.1, 0.15) is 63.5 Å². The van der Waals surface area contributed by atoms with Gasteiger partial charge in [-0.1, -0.05) is 69.4 Å². The quantitative estimate of drug-likeness (QED) is 0.419. The van der Waals surface area contributed by atoms with E-state index >= 15 is 0 Å². The third-order valence-corrected chi connectivity index (χ3v) is 3.32. The zero-order chi connectivity index (χ0) is 13.9. The molecule has 0 aliphatic rings. The van der Waals surface area contributed by atoms with E-state index in [1.807, 2.05) is 30.3 Å². The van der Waals surface area contributed by atoms with Crippen LogP contribution in [0.4, 0.5) is 4.79 Å². The first-order valence-electron chi connectivity index (χ1n) is 7.15. The summed E-state index contributed by atoms with van der Waals surface area (Å²) in [6.07, 6.45) is 7.99. The highest BCUT2D eigenvalue weighted by Gasteiger charge is 2.14. The van der Waals surface area contributed by atoms with Gasteiger partial charge in [-0.25, -0.2) is 4.79 Å². The van der Waals surface area contributed by atoms with Gasteiger partial charge in [-0.05, 0) is 18.4 Å². The Balaban J connectivity index is 2.36. The first-order chi connectivity index (χ1) is 9.24. The van der Waals surface area contributed by atoms with Crippen molar-refractivity contribution >= 4 is 17.0 Å². The maximum atomic E-state index is 10.9. The number of carbonyl (C=O) groups is 1. The van der Waals surface area contributed by atoms with Crippen molar-refractivity contribution in [3.05, 3.63) is 35.9 Å². The summed E-state index contributed by atoms with van der Waals surface area (Å²) in [5.41, 5.74) is 0.296. The second kappa shape index (κ2) is 9.85. The van der Waals surface area contributed by atoms with E-state index < -0.39 is 5.43 Å². The summed E-state index contributed by atoms with van der Waals surface area (Å²) in [5, 5.41) is 0. The monoisotopic (exact) mass is 282 g/mol. The average molecular weight is 283 g/mol. The summed E-state index contributed by atoms with van der Waals surface area (Å²) in [7, 11) is 0. The third-order valence-electron chi connectivity index (χ3n) is 3.23. The SMILES string of the molecule is CCCCCCCCC(OC(=O)Cl)c1ccccc1. The number of unbranched alkanes of at least 4 members (excludes halogenated alkanes) is 5. The molecule has 0 fully saturated rings. The van der Waals surface area contributed by atoms with Gasteiger partial charge in [-0.2, -0.15) is 0 Å². The summed E-state index contributed by atoms with van der Waals surface area (Å²) in [6, 6.07) is 9.80. The molecule has 1 atom stereocenters. The summed E-state index contributed by atoms with van der Waals surface area (Å²) >= 11 is 5.34. The van der Waals surface area contributed by atoms with Crippen molar-refractivity contribution in [1.82, 2.24) is 0 Å². The molecule has 0 aliphatic carbocycles. The van der Waals surface area contributed by atoms with E-state index in [0.29, 0.717) is 0 Å². The van der Waals surface area contributed by atoms with Crippen LogP contribution in [0.15, 0.2) is 30.3 Å². The van der Waals surface area contributed by atoms with Crippen molar-refractivity contribution in [3.63, 3.8) is 0 Å². The van der Waals surface area contributed by atoms with Gasteiger partial charge < -0.3 is 4.74 Å². The molecule has 0 amide bonds. The first-order valence-corrected chi connectivity index (χ1v) is 7.53. The molecule has 2 nitrogen and oxygen atoms in total. The molecule has 0 saturated heterocycles. The highest BCUT2D eigenvalue weighted by Crippen LogP contribution is 2.25. The Bertz CT molecular complexity index is 351.